The number of rotatable bonds is 3. The fraction of sp³-hybridized carbons (Fsp3) is 0.875. The number of hydrogen-bond acceptors (Lipinski definition) is 2. The van der Waals surface area contributed by atoms with E-state index in [-0.39, 0.29) is 11.9 Å². The highest BCUT2D eigenvalue weighted by Gasteiger charge is 2.13. The highest BCUT2D eigenvalue weighted by Crippen LogP contribution is 1.99. The van der Waals surface area contributed by atoms with Gasteiger partial charge in [0, 0.05) is 6.04 Å². The Labute approximate surface area is 67.8 Å². The zero-order valence-electron chi connectivity index (χ0n) is 7.59. The quantitative estimate of drug-likeness (QED) is 0.631. The first kappa shape index (κ1) is 10.4. The van der Waals surface area contributed by atoms with E-state index < -0.39 is 6.10 Å². The second-order valence-electron chi connectivity index (χ2n) is 3.22. The lowest BCUT2D eigenvalue weighted by molar-refractivity contribution is -0.129. The number of aliphatic hydroxyl groups excluding tert-OH is 1. The first-order chi connectivity index (χ1) is 4.95. The molecule has 0 saturated carbocycles. The van der Waals surface area contributed by atoms with Crippen LogP contribution in [0, 0.1) is 5.92 Å². The Bertz CT molecular complexity index is 132. The van der Waals surface area contributed by atoms with Crippen molar-refractivity contribution < 1.29 is 9.90 Å². The molecular formula is C8H17NO2. The van der Waals surface area contributed by atoms with Gasteiger partial charge in [0.15, 0.2) is 0 Å². The van der Waals surface area contributed by atoms with Crippen LogP contribution in [-0.2, 0) is 4.79 Å². The second-order valence-corrected chi connectivity index (χ2v) is 3.22. The number of carbonyl (C=O) groups is 1. The molecule has 3 heteroatoms. The molecule has 2 N–H and O–H groups in total. The van der Waals surface area contributed by atoms with Crippen molar-refractivity contribution in [2.24, 2.45) is 5.92 Å². The van der Waals surface area contributed by atoms with Gasteiger partial charge in [-0.3, -0.25) is 4.79 Å². The summed E-state index contributed by atoms with van der Waals surface area (Å²) in [6, 6.07) is 0.122. The lowest BCUT2D eigenvalue weighted by Gasteiger charge is -2.18. The third kappa shape index (κ3) is 3.98. The summed E-state index contributed by atoms with van der Waals surface area (Å²) >= 11 is 0. The van der Waals surface area contributed by atoms with E-state index in [0.29, 0.717) is 5.92 Å². The summed E-state index contributed by atoms with van der Waals surface area (Å²) in [6.07, 6.45) is -0.906. The van der Waals surface area contributed by atoms with Gasteiger partial charge in [0.05, 0.1) is 0 Å². The van der Waals surface area contributed by atoms with E-state index in [0.717, 1.165) is 0 Å². The Morgan fingerprint density at radius 3 is 2.00 bits per heavy atom. The van der Waals surface area contributed by atoms with Crippen LogP contribution in [0.4, 0.5) is 0 Å². The zero-order valence-corrected chi connectivity index (χ0v) is 7.59. The van der Waals surface area contributed by atoms with Crippen molar-refractivity contribution >= 4 is 5.91 Å². The van der Waals surface area contributed by atoms with Crippen LogP contribution in [0.1, 0.15) is 27.7 Å². The van der Waals surface area contributed by atoms with Crippen molar-refractivity contribution in [3.05, 3.63) is 0 Å². The van der Waals surface area contributed by atoms with Gasteiger partial charge in [0.1, 0.15) is 6.10 Å². The molecule has 0 aliphatic heterocycles. The summed E-state index contributed by atoms with van der Waals surface area (Å²) < 4.78 is 0. The molecule has 0 saturated heterocycles. The van der Waals surface area contributed by atoms with E-state index in [1.165, 1.54) is 6.92 Å². The molecule has 0 fully saturated rings. The van der Waals surface area contributed by atoms with Gasteiger partial charge in [-0.15, -0.1) is 0 Å². The van der Waals surface area contributed by atoms with Crippen LogP contribution >= 0.6 is 0 Å². The predicted molar refractivity (Wildman–Crippen MR) is 44.1 cm³/mol. The molecule has 0 aromatic rings. The Hall–Kier alpha value is -0.570. The van der Waals surface area contributed by atoms with Gasteiger partial charge in [0.2, 0.25) is 5.91 Å². The van der Waals surface area contributed by atoms with Crippen LogP contribution in [0.3, 0.4) is 0 Å². The van der Waals surface area contributed by atoms with Gasteiger partial charge >= 0.3 is 0 Å². The van der Waals surface area contributed by atoms with Gasteiger partial charge in [-0.1, -0.05) is 13.8 Å². The summed E-state index contributed by atoms with van der Waals surface area (Å²) in [4.78, 5) is 10.9. The fourth-order valence-corrected chi connectivity index (χ4v) is 0.512. The van der Waals surface area contributed by atoms with Crippen molar-refractivity contribution in [2.45, 2.75) is 39.8 Å². The van der Waals surface area contributed by atoms with Gasteiger partial charge in [-0.05, 0) is 19.8 Å². The molecule has 1 amide bonds. The number of nitrogens with one attached hydrogen (secondary N) is 1. The lowest BCUT2D eigenvalue weighted by Crippen LogP contribution is -2.41. The normalized spacial score (nSPS) is 16.2. The van der Waals surface area contributed by atoms with E-state index in [1.54, 1.807) is 0 Å². The molecule has 11 heavy (non-hydrogen) atoms. The van der Waals surface area contributed by atoms with Gasteiger partial charge < -0.3 is 10.4 Å². The van der Waals surface area contributed by atoms with Crippen LogP contribution in [0.25, 0.3) is 0 Å². The van der Waals surface area contributed by atoms with Crippen molar-refractivity contribution in [1.82, 2.24) is 5.32 Å². The van der Waals surface area contributed by atoms with Crippen LogP contribution in [-0.4, -0.2) is 23.2 Å². The Balaban J connectivity index is 3.76. The minimum Gasteiger partial charge on any atom is -0.384 e. The molecule has 0 heterocycles. The molecule has 0 aliphatic rings. The third-order valence-corrected chi connectivity index (χ3v) is 1.75. The summed E-state index contributed by atoms with van der Waals surface area (Å²) in [6.45, 7) is 7.42. The summed E-state index contributed by atoms with van der Waals surface area (Å²) in [5.41, 5.74) is 0. The minimum atomic E-state index is -0.906. The van der Waals surface area contributed by atoms with E-state index >= 15 is 0 Å². The molecule has 0 aliphatic carbocycles. The summed E-state index contributed by atoms with van der Waals surface area (Å²) in [5.74, 6) is 0.101. The maximum atomic E-state index is 10.9. The lowest BCUT2D eigenvalue weighted by atomic mass is 10.1. The molecule has 0 aromatic heterocycles. The van der Waals surface area contributed by atoms with Gasteiger partial charge in [-0.25, -0.2) is 0 Å². The first-order valence-electron chi connectivity index (χ1n) is 3.93. The number of amides is 1. The smallest absolute Gasteiger partial charge is 0.248 e. The molecule has 0 rings (SSSR count). The Morgan fingerprint density at radius 2 is 1.73 bits per heavy atom. The van der Waals surface area contributed by atoms with Crippen molar-refractivity contribution in [3.8, 4) is 0 Å². The largest absolute Gasteiger partial charge is 0.384 e. The van der Waals surface area contributed by atoms with Crippen molar-refractivity contribution in [3.63, 3.8) is 0 Å². The Morgan fingerprint density at radius 1 is 1.27 bits per heavy atom. The average molecular weight is 159 g/mol. The van der Waals surface area contributed by atoms with E-state index in [9.17, 15) is 4.79 Å². The summed E-state index contributed by atoms with van der Waals surface area (Å²) in [7, 11) is 0. The monoisotopic (exact) mass is 159 g/mol. The van der Waals surface area contributed by atoms with E-state index in [4.69, 9.17) is 5.11 Å². The highest BCUT2D eigenvalue weighted by atomic mass is 16.3. The van der Waals surface area contributed by atoms with Crippen LogP contribution in [0.2, 0.25) is 0 Å². The summed E-state index contributed by atoms with van der Waals surface area (Å²) in [5, 5.41) is 11.5. The molecule has 0 spiro atoms. The molecule has 0 bridgehead atoms. The maximum absolute atomic E-state index is 10.9. The van der Waals surface area contributed by atoms with E-state index in [1.807, 2.05) is 20.8 Å². The molecule has 0 radical (unpaired) electrons. The molecular weight excluding hydrogens is 142 g/mol. The highest BCUT2D eigenvalue weighted by molar-refractivity contribution is 5.80. The predicted octanol–water partition coefficient (Wildman–Crippen LogP) is 0.528. The fourth-order valence-electron chi connectivity index (χ4n) is 0.512. The molecule has 0 aromatic carbocycles. The van der Waals surface area contributed by atoms with E-state index in [2.05, 4.69) is 5.32 Å². The Kier molecular flexibility index (Phi) is 4.11. The average Bonchev–Trinajstić information content (AvgIpc) is 1.87. The molecule has 0 unspecified atom stereocenters. The zero-order chi connectivity index (χ0) is 9.02. The maximum Gasteiger partial charge on any atom is 0.248 e. The first-order valence-corrected chi connectivity index (χ1v) is 3.93. The minimum absolute atomic E-state index is 0.122. The SMILES string of the molecule is CC(C)[C@H](C)NC(=O)[C@@H](C)O. The van der Waals surface area contributed by atoms with Gasteiger partial charge in [0.25, 0.3) is 0 Å². The topological polar surface area (TPSA) is 49.3 Å². The number of hydrogen-bond donors (Lipinski definition) is 2. The standard InChI is InChI=1S/C8H17NO2/c1-5(2)6(3)9-8(11)7(4)10/h5-7,10H,1-4H3,(H,9,11)/t6-,7+/m0/s1. The van der Waals surface area contributed by atoms with Crippen LogP contribution < -0.4 is 5.32 Å². The van der Waals surface area contributed by atoms with Gasteiger partial charge in [-0.2, -0.15) is 0 Å². The van der Waals surface area contributed by atoms with Crippen LogP contribution in [0.5, 0.6) is 0 Å². The number of aliphatic hydroxyl groups is 1. The second kappa shape index (κ2) is 4.34. The molecule has 2 atom stereocenters. The molecule has 66 valence electrons. The third-order valence-electron chi connectivity index (χ3n) is 1.75. The van der Waals surface area contributed by atoms with Crippen LogP contribution in [0.15, 0.2) is 0 Å². The van der Waals surface area contributed by atoms with Crippen molar-refractivity contribution in [1.29, 1.82) is 0 Å². The molecule has 3 nitrogen and oxygen atoms in total. The number of carbonyl (C=O) groups excluding carboxylic acids is 1. The van der Waals surface area contributed by atoms with Crippen molar-refractivity contribution in [2.75, 3.05) is 0 Å².